The number of hydrogen-bond acceptors (Lipinski definition) is 3. The lowest BCUT2D eigenvalue weighted by molar-refractivity contribution is -0.137. The van der Waals surface area contributed by atoms with Gasteiger partial charge in [-0.05, 0) is 31.4 Å². The first-order valence-electron chi connectivity index (χ1n) is 6.84. The molecule has 2 rings (SSSR count). The average Bonchev–Trinajstić information content (AvgIpc) is 2.37. The molecule has 0 bridgehead atoms. The number of nitrogens with zero attached hydrogens (tertiary/aromatic N) is 1. The van der Waals surface area contributed by atoms with Crippen molar-refractivity contribution in [3.63, 3.8) is 0 Å². The third kappa shape index (κ3) is 3.47. The second kappa shape index (κ2) is 6.06. The molecule has 1 atom stereocenters. The summed E-state index contributed by atoms with van der Waals surface area (Å²) in [6.45, 7) is 7.06. The molecule has 0 radical (unpaired) electrons. The highest BCUT2D eigenvalue weighted by Crippen LogP contribution is 2.25. The predicted octanol–water partition coefficient (Wildman–Crippen LogP) is 1.95. The Balaban J connectivity index is 2.06. The zero-order valence-electron chi connectivity index (χ0n) is 11.6. The summed E-state index contributed by atoms with van der Waals surface area (Å²) in [4.78, 5) is 13.0. The van der Waals surface area contributed by atoms with E-state index >= 15 is 0 Å². The van der Waals surface area contributed by atoms with E-state index in [0.29, 0.717) is 6.42 Å². The third-order valence-electron chi connectivity index (χ3n) is 3.72. The smallest absolute Gasteiger partial charge is 0.303 e. The van der Waals surface area contributed by atoms with Gasteiger partial charge in [-0.2, -0.15) is 0 Å². The van der Waals surface area contributed by atoms with E-state index in [9.17, 15) is 4.79 Å². The van der Waals surface area contributed by atoms with Gasteiger partial charge in [-0.1, -0.05) is 18.2 Å². The molecular formula is C15H22N2O2. The van der Waals surface area contributed by atoms with Gasteiger partial charge in [-0.15, -0.1) is 0 Å². The molecule has 0 saturated carbocycles. The van der Waals surface area contributed by atoms with Gasteiger partial charge in [0.1, 0.15) is 0 Å². The number of benzene rings is 1. The van der Waals surface area contributed by atoms with E-state index in [2.05, 4.69) is 42.3 Å². The minimum absolute atomic E-state index is 0.234. The lowest BCUT2D eigenvalue weighted by Gasteiger charge is -2.37. The molecule has 1 unspecified atom stereocenters. The highest BCUT2D eigenvalue weighted by atomic mass is 16.4. The molecule has 1 aromatic carbocycles. The number of para-hydroxylation sites is 1. The average molecular weight is 262 g/mol. The molecule has 0 aliphatic carbocycles. The number of aliphatic carboxylic acids is 1. The van der Waals surface area contributed by atoms with Crippen LogP contribution in [-0.2, 0) is 4.79 Å². The number of rotatable bonds is 4. The number of hydrogen-bond donors (Lipinski definition) is 2. The first-order chi connectivity index (χ1) is 9.08. The number of aryl methyl sites for hydroxylation is 2. The van der Waals surface area contributed by atoms with Crippen molar-refractivity contribution in [2.75, 3.05) is 24.5 Å². The van der Waals surface area contributed by atoms with E-state index in [1.807, 2.05) is 0 Å². The lowest BCUT2D eigenvalue weighted by Crippen LogP contribution is -2.51. The summed E-state index contributed by atoms with van der Waals surface area (Å²) < 4.78 is 0. The van der Waals surface area contributed by atoms with Crippen LogP contribution in [0.3, 0.4) is 0 Å². The number of nitrogens with one attached hydrogen (secondary N) is 1. The second-order valence-corrected chi connectivity index (χ2v) is 5.27. The molecule has 0 amide bonds. The zero-order valence-corrected chi connectivity index (χ0v) is 11.6. The molecule has 0 aromatic heterocycles. The molecule has 2 N–H and O–H groups in total. The van der Waals surface area contributed by atoms with Crippen LogP contribution in [0.2, 0.25) is 0 Å². The Morgan fingerprint density at radius 1 is 1.42 bits per heavy atom. The first kappa shape index (κ1) is 13.9. The molecular weight excluding hydrogens is 240 g/mol. The van der Waals surface area contributed by atoms with Crippen LogP contribution >= 0.6 is 0 Å². The Morgan fingerprint density at radius 2 is 2.11 bits per heavy atom. The summed E-state index contributed by atoms with van der Waals surface area (Å²) in [5, 5.41) is 12.2. The molecule has 1 aliphatic rings. The van der Waals surface area contributed by atoms with E-state index in [-0.39, 0.29) is 12.5 Å². The summed E-state index contributed by atoms with van der Waals surface area (Å²) in [6, 6.07) is 6.62. The molecule has 4 heteroatoms. The fourth-order valence-corrected chi connectivity index (χ4v) is 2.82. The summed E-state index contributed by atoms with van der Waals surface area (Å²) in [5.41, 5.74) is 3.89. The third-order valence-corrected chi connectivity index (χ3v) is 3.72. The van der Waals surface area contributed by atoms with Crippen molar-refractivity contribution < 1.29 is 9.90 Å². The molecule has 1 heterocycles. The number of piperazine rings is 1. The summed E-state index contributed by atoms with van der Waals surface area (Å²) in [5.74, 6) is -0.717. The number of anilines is 1. The predicted molar refractivity (Wildman–Crippen MR) is 76.8 cm³/mol. The number of carboxylic acids is 1. The van der Waals surface area contributed by atoms with E-state index in [1.165, 1.54) is 16.8 Å². The van der Waals surface area contributed by atoms with Crippen molar-refractivity contribution in [2.45, 2.75) is 32.7 Å². The van der Waals surface area contributed by atoms with Crippen LogP contribution in [0.25, 0.3) is 0 Å². The topological polar surface area (TPSA) is 52.6 Å². The van der Waals surface area contributed by atoms with Crippen molar-refractivity contribution in [3.05, 3.63) is 29.3 Å². The van der Waals surface area contributed by atoms with Gasteiger partial charge in [0.2, 0.25) is 0 Å². The highest BCUT2D eigenvalue weighted by molar-refractivity contribution is 5.66. The second-order valence-electron chi connectivity index (χ2n) is 5.27. The molecule has 0 spiro atoms. The van der Waals surface area contributed by atoms with Gasteiger partial charge in [0.05, 0.1) is 0 Å². The van der Waals surface area contributed by atoms with Crippen LogP contribution < -0.4 is 10.2 Å². The molecule has 1 aliphatic heterocycles. The lowest BCUT2D eigenvalue weighted by atomic mass is 10.0. The van der Waals surface area contributed by atoms with Crippen LogP contribution in [0.15, 0.2) is 18.2 Å². The van der Waals surface area contributed by atoms with Gasteiger partial charge >= 0.3 is 5.97 Å². The molecule has 4 nitrogen and oxygen atoms in total. The zero-order chi connectivity index (χ0) is 13.8. The largest absolute Gasteiger partial charge is 0.481 e. The highest BCUT2D eigenvalue weighted by Gasteiger charge is 2.21. The maximum absolute atomic E-state index is 10.7. The van der Waals surface area contributed by atoms with Crippen molar-refractivity contribution in [2.24, 2.45) is 0 Å². The van der Waals surface area contributed by atoms with Crippen molar-refractivity contribution in [1.82, 2.24) is 5.32 Å². The van der Waals surface area contributed by atoms with Crippen molar-refractivity contribution in [3.8, 4) is 0 Å². The van der Waals surface area contributed by atoms with Crippen LogP contribution in [0.1, 0.15) is 24.0 Å². The summed E-state index contributed by atoms with van der Waals surface area (Å²) >= 11 is 0. The fourth-order valence-electron chi connectivity index (χ4n) is 2.82. The Bertz CT molecular complexity index is 439. The standard InChI is InChI=1S/C15H22N2O2/c1-11-4-3-5-12(2)15(11)17-9-8-16-13(10-17)6-7-14(18)19/h3-5,13,16H,6-10H2,1-2H3,(H,18,19). The van der Waals surface area contributed by atoms with Gasteiger partial charge in [-0.3, -0.25) is 4.79 Å². The Kier molecular flexibility index (Phi) is 4.43. The van der Waals surface area contributed by atoms with Gasteiger partial charge in [0.15, 0.2) is 0 Å². The Hall–Kier alpha value is -1.55. The van der Waals surface area contributed by atoms with Crippen LogP contribution in [0.5, 0.6) is 0 Å². The maximum atomic E-state index is 10.7. The minimum atomic E-state index is -0.717. The summed E-state index contributed by atoms with van der Waals surface area (Å²) in [7, 11) is 0. The molecule has 1 saturated heterocycles. The number of carboxylic acid groups (broad SMARTS) is 1. The molecule has 1 fully saturated rings. The van der Waals surface area contributed by atoms with Crippen molar-refractivity contribution in [1.29, 1.82) is 0 Å². The quantitative estimate of drug-likeness (QED) is 0.871. The Labute approximate surface area is 114 Å². The molecule has 104 valence electrons. The van der Waals surface area contributed by atoms with Gasteiger partial charge in [0, 0.05) is 37.8 Å². The Morgan fingerprint density at radius 3 is 2.74 bits per heavy atom. The van der Waals surface area contributed by atoms with Gasteiger partial charge in [0.25, 0.3) is 0 Å². The van der Waals surface area contributed by atoms with E-state index in [0.717, 1.165) is 19.6 Å². The number of carbonyl (C=O) groups is 1. The van der Waals surface area contributed by atoms with Crippen LogP contribution in [0.4, 0.5) is 5.69 Å². The maximum Gasteiger partial charge on any atom is 0.303 e. The van der Waals surface area contributed by atoms with Gasteiger partial charge < -0.3 is 15.3 Å². The van der Waals surface area contributed by atoms with E-state index in [1.54, 1.807) is 0 Å². The van der Waals surface area contributed by atoms with Crippen LogP contribution in [0, 0.1) is 13.8 Å². The first-order valence-corrected chi connectivity index (χ1v) is 6.84. The molecule has 19 heavy (non-hydrogen) atoms. The summed E-state index contributed by atoms with van der Waals surface area (Å²) in [6.07, 6.45) is 0.926. The van der Waals surface area contributed by atoms with Crippen LogP contribution in [-0.4, -0.2) is 36.8 Å². The monoisotopic (exact) mass is 262 g/mol. The van der Waals surface area contributed by atoms with Crippen molar-refractivity contribution >= 4 is 11.7 Å². The van der Waals surface area contributed by atoms with E-state index in [4.69, 9.17) is 5.11 Å². The fraction of sp³-hybridized carbons (Fsp3) is 0.533. The van der Waals surface area contributed by atoms with E-state index < -0.39 is 5.97 Å². The minimum Gasteiger partial charge on any atom is -0.481 e. The van der Waals surface area contributed by atoms with Gasteiger partial charge in [-0.25, -0.2) is 0 Å². The SMILES string of the molecule is Cc1cccc(C)c1N1CCNC(CCC(=O)O)C1. The molecule has 1 aromatic rings. The normalized spacial score (nSPS) is 19.5.